The maximum atomic E-state index is 12.7. The van der Waals surface area contributed by atoms with E-state index in [1.54, 1.807) is 0 Å². The van der Waals surface area contributed by atoms with Crippen LogP contribution >= 0.6 is 23.1 Å². The monoisotopic (exact) mass is 497 g/mol. The molecule has 1 fully saturated rings. The molecule has 3 aromatic rings. The standard InChI is InChI=1S/C23H27N7O2S2/c1-3-32-15-7-5-14(6-8-15)26-18(31)11-33-23-28-27-22-29(23)21-19(20-24-12-25-30(20)22)16-10-13(2)4-9-17(16)34-21/h5-8,13,20,24-25H,3-4,9-12H2,1-2H3,(H,26,31)/t13-,20?/m0/s1. The summed E-state index contributed by atoms with van der Waals surface area (Å²) in [6.07, 6.45) is 3.53. The van der Waals surface area contributed by atoms with E-state index in [0.717, 1.165) is 35.4 Å². The van der Waals surface area contributed by atoms with Gasteiger partial charge in [-0.2, -0.15) is 0 Å². The summed E-state index contributed by atoms with van der Waals surface area (Å²) < 4.78 is 7.58. The Labute approximate surface area is 206 Å². The van der Waals surface area contributed by atoms with Gasteiger partial charge >= 0.3 is 0 Å². The predicted octanol–water partition coefficient (Wildman–Crippen LogP) is 3.47. The molecule has 0 bridgehead atoms. The highest BCUT2D eigenvalue weighted by Gasteiger charge is 2.42. The number of benzene rings is 1. The number of hydrazine groups is 1. The van der Waals surface area contributed by atoms with E-state index in [-0.39, 0.29) is 17.8 Å². The van der Waals surface area contributed by atoms with Gasteiger partial charge in [-0.3, -0.25) is 15.1 Å². The normalized spacial score (nSPS) is 20.4. The van der Waals surface area contributed by atoms with E-state index in [4.69, 9.17) is 4.74 Å². The number of carbonyl (C=O) groups is 1. The number of hydrogen-bond donors (Lipinski definition) is 3. The highest BCUT2D eigenvalue weighted by molar-refractivity contribution is 7.99. The lowest BCUT2D eigenvalue weighted by Gasteiger charge is -2.31. The fourth-order valence-corrected chi connectivity index (χ4v) is 7.02. The van der Waals surface area contributed by atoms with Crippen molar-refractivity contribution in [3.63, 3.8) is 0 Å². The second-order valence-electron chi connectivity index (χ2n) is 8.79. The van der Waals surface area contributed by atoms with Gasteiger partial charge in [0.15, 0.2) is 5.16 Å². The fourth-order valence-electron chi connectivity index (χ4n) is 4.86. The fraction of sp³-hybridized carbons (Fsp3) is 0.435. The smallest absolute Gasteiger partial charge is 0.249 e. The van der Waals surface area contributed by atoms with Crippen LogP contribution in [-0.4, -0.2) is 39.7 Å². The third-order valence-electron chi connectivity index (χ3n) is 6.42. The van der Waals surface area contributed by atoms with Crippen molar-refractivity contribution in [1.82, 2.24) is 25.5 Å². The first-order valence-electron chi connectivity index (χ1n) is 11.6. The molecule has 3 aliphatic rings. The van der Waals surface area contributed by atoms with Gasteiger partial charge in [0, 0.05) is 16.1 Å². The van der Waals surface area contributed by atoms with Crippen LogP contribution in [0.2, 0.25) is 0 Å². The van der Waals surface area contributed by atoms with Crippen LogP contribution < -0.4 is 25.8 Å². The predicted molar refractivity (Wildman–Crippen MR) is 134 cm³/mol. The molecule has 1 aromatic carbocycles. The zero-order valence-electron chi connectivity index (χ0n) is 19.1. The van der Waals surface area contributed by atoms with E-state index in [1.807, 2.05) is 42.5 Å². The molecular formula is C23H27N7O2S2. The number of thiophene rings is 1. The Morgan fingerprint density at radius 3 is 3.00 bits per heavy atom. The highest BCUT2D eigenvalue weighted by atomic mass is 32.2. The molecule has 9 nitrogen and oxygen atoms in total. The van der Waals surface area contributed by atoms with Gasteiger partial charge in [0.2, 0.25) is 11.9 Å². The molecule has 6 rings (SSSR count). The van der Waals surface area contributed by atoms with Crippen molar-refractivity contribution in [3.05, 3.63) is 40.3 Å². The van der Waals surface area contributed by atoms with Crippen molar-refractivity contribution < 1.29 is 9.53 Å². The number of rotatable bonds is 6. The third kappa shape index (κ3) is 3.76. The van der Waals surface area contributed by atoms with Crippen LogP contribution in [0.4, 0.5) is 11.6 Å². The van der Waals surface area contributed by atoms with Gasteiger partial charge in [-0.25, -0.2) is 9.99 Å². The van der Waals surface area contributed by atoms with Crippen molar-refractivity contribution >= 4 is 40.6 Å². The second-order valence-corrected chi connectivity index (χ2v) is 10.8. The van der Waals surface area contributed by atoms with Crippen molar-refractivity contribution in [1.29, 1.82) is 0 Å². The molecule has 0 spiro atoms. The number of nitrogens with zero attached hydrogens (tertiary/aromatic N) is 4. The molecule has 1 aliphatic carbocycles. The van der Waals surface area contributed by atoms with Crippen LogP contribution in [0.15, 0.2) is 29.4 Å². The molecule has 2 aliphatic heterocycles. The van der Waals surface area contributed by atoms with Gasteiger partial charge in [0.25, 0.3) is 0 Å². The van der Waals surface area contributed by atoms with E-state index < -0.39 is 0 Å². The first-order chi connectivity index (χ1) is 16.6. The summed E-state index contributed by atoms with van der Waals surface area (Å²) in [6, 6.07) is 7.41. The topological polar surface area (TPSA) is 96.3 Å². The third-order valence-corrected chi connectivity index (χ3v) is 8.64. The van der Waals surface area contributed by atoms with Gasteiger partial charge < -0.3 is 10.1 Å². The lowest BCUT2D eigenvalue weighted by molar-refractivity contribution is -0.113. The number of aryl methyl sites for hydroxylation is 1. The summed E-state index contributed by atoms with van der Waals surface area (Å²) in [4.78, 5) is 14.1. The average molecular weight is 498 g/mol. The Balaban J connectivity index is 1.24. The van der Waals surface area contributed by atoms with Crippen LogP contribution in [0.1, 0.15) is 42.4 Å². The first-order valence-corrected chi connectivity index (χ1v) is 13.4. The molecule has 1 saturated heterocycles. The molecule has 178 valence electrons. The Morgan fingerprint density at radius 1 is 1.32 bits per heavy atom. The molecule has 0 radical (unpaired) electrons. The minimum Gasteiger partial charge on any atom is -0.494 e. The van der Waals surface area contributed by atoms with Gasteiger partial charge in [0.05, 0.1) is 19.0 Å². The number of fused-ring (bicyclic) bond motifs is 8. The zero-order valence-corrected chi connectivity index (χ0v) is 20.8. The van der Waals surface area contributed by atoms with Crippen molar-refractivity contribution in [2.75, 3.05) is 29.4 Å². The number of nitrogens with one attached hydrogen (secondary N) is 3. The van der Waals surface area contributed by atoms with E-state index in [0.29, 0.717) is 19.2 Å². The SMILES string of the molecule is CCOc1ccc(NC(=O)CSc2nnc3n2-c2sc4c(c2C2NCNN32)C[C@@H](C)CC4)cc1. The number of amides is 1. The van der Waals surface area contributed by atoms with Gasteiger partial charge in [-0.05, 0) is 61.9 Å². The largest absolute Gasteiger partial charge is 0.494 e. The Kier molecular flexibility index (Phi) is 5.72. The van der Waals surface area contributed by atoms with Crippen LogP contribution in [0.25, 0.3) is 5.00 Å². The minimum atomic E-state index is -0.0827. The van der Waals surface area contributed by atoms with Crippen molar-refractivity contribution in [2.24, 2.45) is 5.92 Å². The van der Waals surface area contributed by atoms with Crippen LogP contribution in [0, 0.1) is 5.92 Å². The lowest BCUT2D eigenvalue weighted by Crippen LogP contribution is -2.39. The van der Waals surface area contributed by atoms with Crippen molar-refractivity contribution in [3.8, 4) is 10.8 Å². The van der Waals surface area contributed by atoms with Gasteiger partial charge in [0.1, 0.15) is 16.9 Å². The molecule has 0 saturated carbocycles. The molecule has 2 atom stereocenters. The second kappa shape index (κ2) is 8.88. The number of ether oxygens (including phenoxy) is 1. The Bertz CT molecular complexity index is 1220. The summed E-state index contributed by atoms with van der Waals surface area (Å²) >= 11 is 3.26. The zero-order chi connectivity index (χ0) is 23.2. The maximum absolute atomic E-state index is 12.7. The summed E-state index contributed by atoms with van der Waals surface area (Å²) in [5.74, 6) is 2.41. The molecule has 1 amide bonds. The summed E-state index contributed by atoms with van der Waals surface area (Å²) in [6.45, 7) is 5.58. The summed E-state index contributed by atoms with van der Waals surface area (Å²) in [5.41, 5.74) is 6.96. The molecule has 11 heteroatoms. The van der Waals surface area contributed by atoms with Crippen LogP contribution in [0.5, 0.6) is 5.75 Å². The Morgan fingerprint density at radius 2 is 2.18 bits per heavy atom. The lowest BCUT2D eigenvalue weighted by atomic mass is 9.87. The quantitative estimate of drug-likeness (QED) is 0.446. The number of anilines is 2. The molecule has 1 unspecified atom stereocenters. The highest BCUT2D eigenvalue weighted by Crippen LogP contribution is 2.48. The number of thioether (sulfide) groups is 1. The van der Waals surface area contributed by atoms with Crippen LogP contribution in [-0.2, 0) is 17.6 Å². The minimum absolute atomic E-state index is 0.0674. The van der Waals surface area contributed by atoms with E-state index >= 15 is 0 Å². The average Bonchev–Trinajstić information content (AvgIpc) is 3.55. The molecule has 4 heterocycles. The van der Waals surface area contributed by atoms with Crippen LogP contribution in [0.3, 0.4) is 0 Å². The number of aromatic nitrogens is 3. The molecule has 3 N–H and O–H groups in total. The van der Waals surface area contributed by atoms with E-state index in [9.17, 15) is 4.79 Å². The number of carbonyl (C=O) groups excluding carboxylic acids is 1. The summed E-state index contributed by atoms with van der Waals surface area (Å²) in [5, 5.41) is 19.5. The molecule has 2 aromatic heterocycles. The van der Waals surface area contributed by atoms with Gasteiger partial charge in [-0.15, -0.1) is 21.5 Å². The summed E-state index contributed by atoms with van der Waals surface area (Å²) in [7, 11) is 0. The molecule has 34 heavy (non-hydrogen) atoms. The van der Waals surface area contributed by atoms with E-state index in [2.05, 4.69) is 42.8 Å². The number of hydrogen-bond acceptors (Lipinski definition) is 9. The Hall–Kier alpha value is -2.60. The van der Waals surface area contributed by atoms with Crippen molar-refractivity contribution in [2.45, 2.75) is 44.4 Å². The van der Waals surface area contributed by atoms with E-state index in [1.165, 1.54) is 39.2 Å². The van der Waals surface area contributed by atoms with Gasteiger partial charge in [-0.1, -0.05) is 18.7 Å². The maximum Gasteiger partial charge on any atom is 0.249 e. The molecular weight excluding hydrogens is 470 g/mol. The first kappa shape index (κ1) is 21.9.